The maximum Gasteiger partial charge on any atom is 0.387 e. The highest BCUT2D eigenvalue weighted by Crippen LogP contribution is 2.42. The van der Waals surface area contributed by atoms with Gasteiger partial charge in [-0.2, -0.15) is 8.78 Å². The van der Waals surface area contributed by atoms with Gasteiger partial charge in [-0.3, -0.25) is 0 Å². The summed E-state index contributed by atoms with van der Waals surface area (Å²) >= 11 is 5.89. The number of hydrogen-bond acceptors (Lipinski definition) is 2. The molecule has 0 radical (unpaired) electrons. The van der Waals surface area contributed by atoms with Crippen LogP contribution in [0, 0.1) is 23.7 Å². The smallest absolute Gasteiger partial charge is 0.387 e. The Labute approximate surface area is 179 Å². The maximum absolute atomic E-state index is 12.6. The molecule has 2 fully saturated rings. The van der Waals surface area contributed by atoms with E-state index >= 15 is 0 Å². The van der Waals surface area contributed by atoms with Crippen molar-refractivity contribution in [2.75, 3.05) is 6.61 Å². The molecule has 0 N–H and O–H groups in total. The highest BCUT2D eigenvalue weighted by Gasteiger charge is 2.31. The van der Waals surface area contributed by atoms with Crippen molar-refractivity contribution < 1.29 is 18.3 Å². The van der Waals surface area contributed by atoms with E-state index in [1.165, 1.54) is 76.7 Å². The molecule has 0 unspecified atom stereocenters. The standard InChI is InChI=1S/C24H35ClF2O2/c1-2-3-4-17-5-9-19(10-6-17)20-11-7-18(8-12-20)16-28-22-14-13-21(25)15-23(22)29-24(26)27/h13-15,17-20,24H,2-12,16H2,1H3. The van der Waals surface area contributed by atoms with Crippen LogP contribution in [-0.2, 0) is 0 Å². The second-order valence-corrected chi connectivity index (χ2v) is 9.42. The van der Waals surface area contributed by atoms with Crippen LogP contribution in [0.4, 0.5) is 8.78 Å². The van der Waals surface area contributed by atoms with Gasteiger partial charge in [0.2, 0.25) is 0 Å². The lowest BCUT2D eigenvalue weighted by Gasteiger charge is -2.38. The molecule has 5 heteroatoms. The van der Waals surface area contributed by atoms with E-state index in [0.717, 1.165) is 17.8 Å². The first-order valence-corrected chi connectivity index (χ1v) is 11.8. The van der Waals surface area contributed by atoms with Gasteiger partial charge in [0.25, 0.3) is 0 Å². The summed E-state index contributed by atoms with van der Waals surface area (Å²) in [6, 6.07) is 4.64. The van der Waals surface area contributed by atoms with Crippen LogP contribution in [0.25, 0.3) is 0 Å². The van der Waals surface area contributed by atoms with Gasteiger partial charge in [-0.25, -0.2) is 0 Å². The van der Waals surface area contributed by atoms with E-state index in [4.69, 9.17) is 16.3 Å². The number of alkyl halides is 2. The predicted molar refractivity (Wildman–Crippen MR) is 114 cm³/mol. The highest BCUT2D eigenvalue weighted by atomic mass is 35.5. The van der Waals surface area contributed by atoms with Crippen molar-refractivity contribution in [1.82, 2.24) is 0 Å². The Morgan fingerprint density at radius 3 is 2.14 bits per heavy atom. The van der Waals surface area contributed by atoms with Crippen LogP contribution >= 0.6 is 11.6 Å². The Balaban J connectivity index is 1.41. The zero-order valence-corrected chi connectivity index (χ0v) is 18.3. The van der Waals surface area contributed by atoms with Crippen LogP contribution in [0.15, 0.2) is 18.2 Å². The Kier molecular flexibility index (Phi) is 8.89. The molecule has 29 heavy (non-hydrogen) atoms. The summed E-state index contributed by atoms with van der Waals surface area (Å²) in [4.78, 5) is 0. The Hall–Kier alpha value is -1.03. The van der Waals surface area contributed by atoms with E-state index in [-0.39, 0.29) is 5.75 Å². The van der Waals surface area contributed by atoms with Crippen LogP contribution in [-0.4, -0.2) is 13.2 Å². The Morgan fingerprint density at radius 2 is 1.55 bits per heavy atom. The molecule has 0 atom stereocenters. The van der Waals surface area contributed by atoms with Crippen molar-refractivity contribution in [3.05, 3.63) is 23.2 Å². The van der Waals surface area contributed by atoms with Gasteiger partial charge >= 0.3 is 6.61 Å². The quantitative estimate of drug-likeness (QED) is 0.395. The van der Waals surface area contributed by atoms with Crippen molar-refractivity contribution in [2.24, 2.45) is 23.7 Å². The van der Waals surface area contributed by atoms with Crippen LogP contribution in [0.1, 0.15) is 77.6 Å². The topological polar surface area (TPSA) is 18.5 Å². The minimum absolute atomic E-state index is 0.0148. The zero-order valence-electron chi connectivity index (χ0n) is 17.6. The van der Waals surface area contributed by atoms with Gasteiger partial charge in [0.05, 0.1) is 6.61 Å². The van der Waals surface area contributed by atoms with Gasteiger partial charge in [0, 0.05) is 11.1 Å². The number of benzene rings is 1. The first-order chi connectivity index (χ1) is 14.0. The molecule has 0 spiro atoms. The van der Waals surface area contributed by atoms with E-state index in [9.17, 15) is 8.78 Å². The van der Waals surface area contributed by atoms with E-state index in [2.05, 4.69) is 11.7 Å². The molecular weight excluding hydrogens is 394 g/mol. The van der Waals surface area contributed by atoms with Crippen molar-refractivity contribution in [3.8, 4) is 11.5 Å². The minimum atomic E-state index is -2.89. The largest absolute Gasteiger partial charge is 0.489 e. The molecular formula is C24H35ClF2O2. The molecule has 0 aromatic heterocycles. The molecule has 0 aliphatic heterocycles. The zero-order chi connectivity index (χ0) is 20.6. The lowest BCUT2D eigenvalue weighted by atomic mass is 9.69. The van der Waals surface area contributed by atoms with E-state index < -0.39 is 6.61 Å². The molecule has 0 amide bonds. The molecule has 0 heterocycles. The number of unbranched alkanes of at least 4 members (excludes halogenated alkanes) is 1. The molecule has 2 nitrogen and oxygen atoms in total. The summed E-state index contributed by atoms with van der Waals surface area (Å²) in [6.45, 7) is -0.0474. The van der Waals surface area contributed by atoms with Gasteiger partial charge in [-0.15, -0.1) is 0 Å². The van der Waals surface area contributed by atoms with Crippen LogP contribution in [0.2, 0.25) is 5.02 Å². The molecule has 2 aliphatic rings. The van der Waals surface area contributed by atoms with E-state index in [1.54, 1.807) is 12.1 Å². The number of ether oxygens (including phenoxy) is 2. The average Bonchev–Trinajstić information content (AvgIpc) is 2.72. The molecule has 0 bridgehead atoms. The maximum atomic E-state index is 12.6. The summed E-state index contributed by atoms with van der Waals surface area (Å²) in [7, 11) is 0. The summed E-state index contributed by atoms with van der Waals surface area (Å²) in [5.41, 5.74) is 0. The summed E-state index contributed by atoms with van der Waals surface area (Å²) in [5, 5.41) is 0.359. The summed E-state index contributed by atoms with van der Waals surface area (Å²) in [5.74, 6) is 3.61. The van der Waals surface area contributed by atoms with Crippen molar-refractivity contribution in [2.45, 2.75) is 84.2 Å². The summed E-state index contributed by atoms with van der Waals surface area (Å²) < 4.78 is 35.6. The van der Waals surface area contributed by atoms with Gasteiger partial charge in [-0.05, 0) is 74.3 Å². The Bertz CT molecular complexity index is 609. The SMILES string of the molecule is CCCCC1CCC(C2CCC(COc3ccc(Cl)cc3OC(F)F)CC2)CC1. The molecule has 3 rings (SSSR count). The number of halogens is 3. The number of rotatable bonds is 9. The van der Waals surface area contributed by atoms with Crippen LogP contribution in [0.5, 0.6) is 11.5 Å². The van der Waals surface area contributed by atoms with E-state index in [1.807, 2.05) is 0 Å². The molecule has 1 aromatic carbocycles. The third-order valence-electron chi connectivity index (χ3n) is 7.01. The third kappa shape index (κ3) is 7.01. The lowest BCUT2D eigenvalue weighted by molar-refractivity contribution is -0.0517. The second kappa shape index (κ2) is 11.4. The first-order valence-electron chi connectivity index (χ1n) is 11.4. The molecule has 164 valence electrons. The molecule has 2 saturated carbocycles. The summed E-state index contributed by atoms with van der Waals surface area (Å²) in [6.07, 6.45) is 14.7. The Morgan fingerprint density at radius 1 is 0.931 bits per heavy atom. The normalized spacial score (nSPS) is 27.8. The monoisotopic (exact) mass is 428 g/mol. The third-order valence-corrected chi connectivity index (χ3v) is 7.25. The fourth-order valence-electron chi connectivity index (χ4n) is 5.26. The molecule has 1 aromatic rings. The predicted octanol–water partition coefficient (Wildman–Crippen LogP) is 8.12. The molecule has 2 aliphatic carbocycles. The first kappa shape index (κ1) is 22.7. The minimum Gasteiger partial charge on any atom is -0.489 e. The van der Waals surface area contributed by atoms with E-state index in [0.29, 0.717) is 23.3 Å². The van der Waals surface area contributed by atoms with Crippen LogP contribution < -0.4 is 9.47 Å². The van der Waals surface area contributed by atoms with Crippen molar-refractivity contribution in [1.29, 1.82) is 0 Å². The van der Waals surface area contributed by atoms with Crippen molar-refractivity contribution in [3.63, 3.8) is 0 Å². The average molecular weight is 429 g/mol. The van der Waals surface area contributed by atoms with Gasteiger partial charge < -0.3 is 9.47 Å². The number of hydrogen-bond donors (Lipinski definition) is 0. The molecule has 0 saturated heterocycles. The fraction of sp³-hybridized carbons (Fsp3) is 0.750. The van der Waals surface area contributed by atoms with Crippen LogP contribution in [0.3, 0.4) is 0 Å². The van der Waals surface area contributed by atoms with Crippen molar-refractivity contribution >= 4 is 11.6 Å². The van der Waals surface area contributed by atoms with Gasteiger partial charge in [0.15, 0.2) is 11.5 Å². The lowest BCUT2D eigenvalue weighted by Crippen LogP contribution is -2.27. The van der Waals surface area contributed by atoms with Gasteiger partial charge in [-0.1, -0.05) is 50.6 Å². The highest BCUT2D eigenvalue weighted by molar-refractivity contribution is 6.30. The fourth-order valence-corrected chi connectivity index (χ4v) is 5.43. The van der Waals surface area contributed by atoms with Gasteiger partial charge in [0.1, 0.15) is 0 Å². The second-order valence-electron chi connectivity index (χ2n) is 8.98.